The molecule has 0 aliphatic carbocycles. The minimum atomic E-state index is 0.189. The third-order valence-corrected chi connectivity index (χ3v) is 3.85. The van der Waals surface area contributed by atoms with Crippen LogP contribution in [0, 0.1) is 0 Å². The number of rotatable bonds is 3. The summed E-state index contributed by atoms with van der Waals surface area (Å²) in [5, 5.41) is 3.45. The molecule has 0 radical (unpaired) electrons. The molecule has 3 heteroatoms. The standard InChI is InChI=1S/C19H23NO2/c1-19(2,3)15-5-7-16(8-6-15)20-13-14-4-9-17-18(12-14)22-11-10-21-17/h4-9,12,20H,10-11,13H2,1-3H3. The molecule has 22 heavy (non-hydrogen) atoms. The van der Waals surface area contributed by atoms with Crippen LogP contribution in [-0.2, 0) is 12.0 Å². The Balaban J connectivity index is 1.65. The van der Waals surface area contributed by atoms with Crippen LogP contribution in [0.15, 0.2) is 42.5 Å². The first-order chi connectivity index (χ1) is 10.5. The molecular weight excluding hydrogens is 274 g/mol. The van der Waals surface area contributed by atoms with Gasteiger partial charge >= 0.3 is 0 Å². The largest absolute Gasteiger partial charge is 0.486 e. The van der Waals surface area contributed by atoms with Crippen LogP contribution in [-0.4, -0.2) is 13.2 Å². The molecule has 0 aromatic heterocycles. The summed E-state index contributed by atoms with van der Waals surface area (Å²) in [7, 11) is 0. The second-order valence-corrected chi connectivity index (χ2v) is 6.66. The van der Waals surface area contributed by atoms with Gasteiger partial charge in [-0.2, -0.15) is 0 Å². The summed E-state index contributed by atoms with van der Waals surface area (Å²) < 4.78 is 11.2. The van der Waals surface area contributed by atoms with Crippen molar-refractivity contribution >= 4 is 5.69 Å². The van der Waals surface area contributed by atoms with Gasteiger partial charge in [0.1, 0.15) is 13.2 Å². The highest BCUT2D eigenvalue weighted by atomic mass is 16.6. The van der Waals surface area contributed by atoms with E-state index in [0.29, 0.717) is 13.2 Å². The fourth-order valence-electron chi connectivity index (χ4n) is 2.49. The molecule has 3 rings (SSSR count). The SMILES string of the molecule is CC(C)(C)c1ccc(NCc2ccc3c(c2)OCCO3)cc1. The molecule has 0 bridgehead atoms. The Hall–Kier alpha value is -2.16. The Morgan fingerprint density at radius 1 is 0.909 bits per heavy atom. The summed E-state index contributed by atoms with van der Waals surface area (Å²) in [6, 6.07) is 14.7. The van der Waals surface area contributed by atoms with Crippen LogP contribution in [0.3, 0.4) is 0 Å². The number of ether oxygens (including phenoxy) is 2. The Labute approximate surface area is 132 Å². The van der Waals surface area contributed by atoms with Gasteiger partial charge in [-0.1, -0.05) is 39.0 Å². The molecule has 3 nitrogen and oxygen atoms in total. The number of fused-ring (bicyclic) bond motifs is 1. The van der Waals surface area contributed by atoms with Crippen molar-refractivity contribution in [2.24, 2.45) is 0 Å². The zero-order chi connectivity index (χ0) is 15.6. The van der Waals surface area contributed by atoms with Crippen LogP contribution in [0.1, 0.15) is 31.9 Å². The van der Waals surface area contributed by atoms with E-state index >= 15 is 0 Å². The number of nitrogens with one attached hydrogen (secondary N) is 1. The molecule has 0 amide bonds. The van der Waals surface area contributed by atoms with Crippen LogP contribution in [0.25, 0.3) is 0 Å². The highest BCUT2D eigenvalue weighted by molar-refractivity contribution is 5.48. The number of benzene rings is 2. The Kier molecular flexibility index (Phi) is 3.97. The van der Waals surface area contributed by atoms with Crippen LogP contribution < -0.4 is 14.8 Å². The van der Waals surface area contributed by atoms with Crippen LogP contribution in [0.2, 0.25) is 0 Å². The second-order valence-electron chi connectivity index (χ2n) is 6.66. The summed E-state index contributed by atoms with van der Waals surface area (Å²) in [4.78, 5) is 0. The first-order valence-corrected chi connectivity index (χ1v) is 7.75. The molecule has 0 spiro atoms. The van der Waals surface area contributed by atoms with Crippen molar-refractivity contribution in [3.8, 4) is 11.5 Å². The van der Waals surface area contributed by atoms with E-state index in [1.54, 1.807) is 0 Å². The Bertz CT molecular complexity index is 641. The van der Waals surface area contributed by atoms with Crippen molar-refractivity contribution in [1.82, 2.24) is 0 Å². The normalized spacial score (nSPS) is 13.8. The van der Waals surface area contributed by atoms with E-state index < -0.39 is 0 Å². The molecule has 2 aromatic carbocycles. The van der Waals surface area contributed by atoms with E-state index in [0.717, 1.165) is 23.7 Å². The Morgan fingerprint density at radius 3 is 2.27 bits per heavy atom. The lowest BCUT2D eigenvalue weighted by molar-refractivity contribution is 0.171. The van der Waals surface area contributed by atoms with Crippen molar-refractivity contribution in [3.63, 3.8) is 0 Å². The fraction of sp³-hybridized carbons (Fsp3) is 0.368. The topological polar surface area (TPSA) is 30.5 Å². The quantitative estimate of drug-likeness (QED) is 0.912. The van der Waals surface area contributed by atoms with E-state index in [4.69, 9.17) is 9.47 Å². The summed E-state index contributed by atoms with van der Waals surface area (Å²) in [5.41, 5.74) is 3.85. The second kappa shape index (κ2) is 5.91. The van der Waals surface area contributed by atoms with Gasteiger partial charge in [0.05, 0.1) is 0 Å². The minimum Gasteiger partial charge on any atom is -0.486 e. The van der Waals surface area contributed by atoms with Gasteiger partial charge in [-0.05, 0) is 40.8 Å². The van der Waals surface area contributed by atoms with Gasteiger partial charge in [0, 0.05) is 12.2 Å². The summed E-state index contributed by atoms with van der Waals surface area (Å²) in [6.45, 7) is 8.70. The monoisotopic (exact) mass is 297 g/mol. The highest BCUT2D eigenvalue weighted by Crippen LogP contribution is 2.31. The number of hydrogen-bond donors (Lipinski definition) is 1. The smallest absolute Gasteiger partial charge is 0.161 e. The molecule has 2 aromatic rings. The molecular formula is C19H23NO2. The van der Waals surface area contributed by atoms with E-state index in [9.17, 15) is 0 Å². The molecule has 1 aliphatic heterocycles. The first kappa shape index (κ1) is 14.8. The van der Waals surface area contributed by atoms with Gasteiger partial charge in [-0.15, -0.1) is 0 Å². The molecule has 116 valence electrons. The lowest BCUT2D eigenvalue weighted by atomic mass is 9.87. The predicted octanol–water partition coefficient (Wildman–Crippen LogP) is 4.37. The molecule has 1 N–H and O–H groups in total. The maximum Gasteiger partial charge on any atom is 0.161 e. The molecule has 1 aliphatic rings. The van der Waals surface area contributed by atoms with Crippen molar-refractivity contribution in [2.45, 2.75) is 32.7 Å². The van der Waals surface area contributed by atoms with E-state index in [-0.39, 0.29) is 5.41 Å². The van der Waals surface area contributed by atoms with Gasteiger partial charge in [-0.3, -0.25) is 0 Å². The Morgan fingerprint density at radius 2 is 1.59 bits per heavy atom. The maximum atomic E-state index is 5.62. The number of hydrogen-bond acceptors (Lipinski definition) is 3. The fourth-order valence-corrected chi connectivity index (χ4v) is 2.49. The van der Waals surface area contributed by atoms with Crippen molar-refractivity contribution in [3.05, 3.63) is 53.6 Å². The zero-order valence-electron chi connectivity index (χ0n) is 13.5. The van der Waals surface area contributed by atoms with Crippen LogP contribution >= 0.6 is 0 Å². The lowest BCUT2D eigenvalue weighted by Gasteiger charge is -2.20. The summed E-state index contributed by atoms with van der Waals surface area (Å²) in [6.07, 6.45) is 0. The van der Waals surface area contributed by atoms with Crippen molar-refractivity contribution < 1.29 is 9.47 Å². The molecule has 0 atom stereocenters. The average molecular weight is 297 g/mol. The first-order valence-electron chi connectivity index (χ1n) is 7.75. The van der Waals surface area contributed by atoms with Crippen LogP contribution in [0.5, 0.6) is 11.5 Å². The molecule has 0 saturated carbocycles. The van der Waals surface area contributed by atoms with Gasteiger partial charge in [-0.25, -0.2) is 0 Å². The third kappa shape index (κ3) is 3.35. The molecule has 0 unspecified atom stereocenters. The summed E-state index contributed by atoms with van der Waals surface area (Å²) in [5.74, 6) is 1.68. The van der Waals surface area contributed by atoms with E-state index in [2.05, 4.69) is 56.4 Å². The predicted molar refractivity (Wildman–Crippen MR) is 89.9 cm³/mol. The summed E-state index contributed by atoms with van der Waals surface area (Å²) >= 11 is 0. The highest BCUT2D eigenvalue weighted by Gasteiger charge is 2.13. The molecule has 0 saturated heterocycles. The van der Waals surface area contributed by atoms with Gasteiger partial charge in [0.2, 0.25) is 0 Å². The maximum absolute atomic E-state index is 5.62. The van der Waals surface area contributed by atoms with Crippen molar-refractivity contribution in [1.29, 1.82) is 0 Å². The lowest BCUT2D eigenvalue weighted by Crippen LogP contribution is -2.15. The van der Waals surface area contributed by atoms with Gasteiger partial charge < -0.3 is 14.8 Å². The molecule has 1 heterocycles. The van der Waals surface area contributed by atoms with Gasteiger partial charge in [0.15, 0.2) is 11.5 Å². The third-order valence-electron chi connectivity index (χ3n) is 3.85. The van der Waals surface area contributed by atoms with Crippen LogP contribution in [0.4, 0.5) is 5.69 Å². The van der Waals surface area contributed by atoms with E-state index in [1.165, 1.54) is 11.1 Å². The average Bonchev–Trinajstić information content (AvgIpc) is 2.52. The zero-order valence-corrected chi connectivity index (χ0v) is 13.5. The minimum absolute atomic E-state index is 0.189. The molecule has 0 fully saturated rings. The van der Waals surface area contributed by atoms with E-state index in [1.807, 2.05) is 12.1 Å². The van der Waals surface area contributed by atoms with Gasteiger partial charge in [0.25, 0.3) is 0 Å². The number of anilines is 1. The van der Waals surface area contributed by atoms with Crippen molar-refractivity contribution in [2.75, 3.05) is 18.5 Å².